The van der Waals surface area contributed by atoms with Gasteiger partial charge in [-0.25, -0.2) is 13.1 Å². The van der Waals surface area contributed by atoms with E-state index in [4.69, 9.17) is 0 Å². The second kappa shape index (κ2) is 6.72. The Hall–Kier alpha value is -1.11. The standard InChI is InChI=1S/C12H21N3O2S/c1-10(2)15-18(16,17)12-6-4-11(5-7-12)14-9-8-13-3/h4-7,10,13-15H,8-9H2,1-3H3. The lowest BCUT2D eigenvalue weighted by Crippen LogP contribution is -2.30. The van der Waals surface area contributed by atoms with Crippen LogP contribution in [0, 0.1) is 0 Å². The molecule has 0 atom stereocenters. The number of anilines is 1. The van der Waals surface area contributed by atoms with Crippen LogP contribution >= 0.6 is 0 Å². The summed E-state index contributed by atoms with van der Waals surface area (Å²) in [6, 6.07) is 6.64. The van der Waals surface area contributed by atoms with Gasteiger partial charge in [0.1, 0.15) is 0 Å². The number of hydrogen-bond acceptors (Lipinski definition) is 4. The van der Waals surface area contributed by atoms with E-state index in [0.29, 0.717) is 0 Å². The maximum Gasteiger partial charge on any atom is 0.240 e. The molecule has 0 radical (unpaired) electrons. The molecule has 18 heavy (non-hydrogen) atoms. The average molecular weight is 271 g/mol. The topological polar surface area (TPSA) is 70.2 Å². The largest absolute Gasteiger partial charge is 0.384 e. The molecule has 0 bridgehead atoms. The third kappa shape index (κ3) is 4.64. The van der Waals surface area contributed by atoms with Crippen molar-refractivity contribution in [2.45, 2.75) is 24.8 Å². The Labute approximate surface area is 109 Å². The fourth-order valence-electron chi connectivity index (χ4n) is 1.46. The van der Waals surface area contributed by atoms with Crippen molar-refractivity contribution in [2.24, 2.45) is 0 Å². The smallest absolute Gasteiger partial charge is 0.240 e. The van der Waals surface area contributed by atoms with Gasteiger partial charge in [0.2, 0.25) is 10.0 Å². The molecule has 0 saturated heterocycles. The Balaban J connectivity index is 2.70. The number of nitrogens with one attached hydrogen (secondary N) is 3. The maximum atomic E-state index is 11.9. The first-order chi connectivity index (χ1) is 8.45. The number of rotatable bonds is 7. The fraction of sp³-hybridized carbons (Fsp3) is 0.500. The van der Waals surface area contributed by atoms with Gasteiger partial charge >= 0.3 is 0 Å². The third-order valence-electron chi connectivity index (χ3n) is 2.26. The molecule has 0 aliphatic carbocycles. The van der Waals surface area contributed by atoms with E-state index in [-0.39, 0.29) is 10.9 Å². The minimum atomic E-state index is -3.39. The highest BCUT2D eigenvalue weighted by atomic mass is 32.2. The van der Waals surface area contributed by atoms with E-state index in [2.05, 4.69) is 15.4 Å². The van der Waals surface area contributed by atoms with Gasteiger partial charge in [0.05, 0.1) is 4.90 Å². The Morgan fingerprint density at radius 2 is 1.72 bits per heavy atom. The highest BCUT2D eigenvalue weighted by Crippen LogP contribution is 2.14. The summed E-state index contributed by atoms with van der Waals surface area (Å²) in [5.41, 5.74) is 0.911. The molecule has 0 aliphatic heterocycles. The minimum absolute atomic E-state index is 0.108. The van der Waals surface area contributed by atoms with Crippen molar-refractivity contribution in [3.8, 4) is 0 Å². The molecule has 0 aromatic heterocycles. The van der Waals surface area contributed by atoms with E-state index in [0.717, 1.165) is 18.8 Å². The summed E-state index contributed by atoms with van der Waals surface area (Å²) in [6.45, 7) is 5.25. The van der Waals surface area contributed by atoms with Gasteiger partial charge in [-0.15, -0.1) is 0 Å². The van der Waals surface area contributed by atoms with Crippen LogP contribution in [0.2, 0.25) is 0 Å². The van der Waals surface area contributed by atoms with E-state index in [1.807, 2.05) is 7.05 Å². The van der Waals surface area contributed by atoms with E-state index in [1.54, 1.807) is 38.1 Å². The highest BCUT2D eigenvalue weighted by Gasteiger charge is 2.14. The van der Waals surface area contributed by atoms with Crippen LogP contribution in [0.4, 0.5) is 5.69 Å². The zero-order chi connectivity index (χ0) is 13.6. The van der Waals surface area contributed by atoms with Gasteiger partial charge < -0.3 is 10.6 Å². The second-order valence-corrected chi connectivity index (χ2v) is 6.04. The first-order valence-corrected chi connectivity index (χ1v) is 7.45. The summed E-state index contributed by atoms with van der Waals surface area (Å²) in [5.74, 6) is 0. The molecular weight excluding hydrogens is 250 g/mol. The normalized spacial score (nSPS) is 11.8. The van der Waals surface area contributed by atoms with Crippen LogP contribution < -0.4 is 15.4 Å². The third-order valence-corrected chi connectivity index (χ3v) is 3.93. The van der Waals surface area contributed by atoms with Crippen LogP contribution in [0.15, 0.2) is 29.2 Å². The van der Waals surface area contributed by atoms with Crippen LogP contribution in [-0.4, -0.2) is 34.6 Å². The predicted molar refractivity (Wildman–Crippen MR) is 74.3 cm³/mol. The molecule has 0 aliphatic rings. The lowest BCUT2D eigenvalue weighted by atomic mass is 10.3. The number of sulfonamides is 1. The average Bonchev–Trinajstić information content (AvgIpc) is 2.28. The molecule has 1 aromatic rings. The van der Waals surface area contributed by atoms with Gasteiger partial charge in [-0.2, -0.15) is 0 Å². The summed E-state index contributed by atoms with van der Waals surface area (Å²) in [4.78, 5) is 0.287. The van der Waals surface area contributed by atoms with Crippen LogP contribution in [0.3, 0.4) is 0 Å². The number of likely N-dealkylation sites (N-methyl/N-ethyl adjacent to an activating group) is 1. The lowest BCUT2D eigenvalue weighted by molar-refractivity contribution is 0.570. The summed E-state index contributed by atoms with van der Waals surface area (Å²) < 4.78 is 26.3. The van der Waals surface area contributed by atoms with Crippen molar-refractivity contribution in [1.82, 2.24) is 10.0 Å². The molecule has 1 rings (SSSR count). The minimum Gasteiger partial charge on any atom is -0.384 e. The molecule has 0 fully saturated rings. The van der Waals surface area contributed by atoms with E-state index >= 15 is 0 Å². The summed E-state index contributed by atoms with van der Waals surface area (Å²) in [7, 11) is -1.51. The Bertz CT molecular complexity index is 455. The van der Waals surface area contributed by atoms with Gasteiger partial charge in [0.15, 0.2) is 0 Å². The monoisotopic (exact) mass is 271 g/mol. The molecule has 1 aromatic carbocycles. The molecule has 0 saturated carbocycles. The van der Waals surface area contributed by atoms with Crippen molar-refractivity contribution in [1.29, 1.82) is 0 Å². The van der Waals surface area contributed by atoms with Crippen molar-refractivity contribution >= 4 is 15.7 Å². The van der Waals surface area contributed by atoms with Crippen LogP contribution in [-0.2, 0) is 10.0 Å². The summed E-state index contributed by atoms with van der Waals surface area (Å²) in [5, 5.41) is 6.21. The molecule has 0 spiro atoms. The zero-order valence-corrected chi connectivity index (χ0v) is 11.8. The van der Waals surface area contributed by atoms with Gasteiger partial charge in [0.25, 0.3) is 0 Å². The van der Waals surface area contributed by atoms with Crippen LogP contribution in [0.1, 0.15) is 13.8 Å². The number of benzene rings is 1. The van der Waals surface area contributed by atoms with Gasteiger partial charge in [-0.3, -0.25) is 0 Å². The van der Waals surface area contributed by atoms with Crippen molar-refractivity contribution in [3.05, 3.63) is 24.3 Å². The van der Waals surface area contributed by atoms with E-state index < -0.39 is 10.0 Å². The molecule has 6 heteroatoms. The van der Waals surface area contributed by atoms with Gasteiger partial charge in [-0.05, 0) is 45.2 Å². The Morgan fingerprint density at radius 1 is 1.11 bits per heavy atom. The Kier molecular flexibility index (Phi) is 5.58. The van der Waals surface area contributed by atoms with Crippen molar-refractivity contribution in [3.63, 3.8) is 0 Å². The first kappa shape index (κ1) is 14.9. The summed E-state index contributed by atoms with van der Waals surface area (Å²) in [6.07, 6.45) is 0. The molecule has 0 unspecified atom stereocenters. The quantitative estimate of drug-likeness (QED) is 0.647. The summed E-state index contributed by atoms with van der Waals surface area (Å²) >= 11 is 0. The lowest BCUT2D eigenvalue weighted by Gasteiger charge is -2.10. The second-order valence-electron chi connectivity index (χ2n) is 4.33. The molecule has 3 N–H and O–H groups in total. The van der Waals surface area contributed by atoms with Crippen LogP contribution in [0.5, 0.6) is 0 Å². The van der Waals surface area contributed by atoms with Crippen molar-refractivity contribution in [2.75, 3.05) is 25.5 Å². The molecule has 102 valence electrons. The fourth-order valence-corrected chi connectivity index (χ4v) is 2.71. The predicted octanol–water partition coefficient (Wildman–Crippen LogP) is 1.00. The van der Waals surface area contributed by atoms with Crippen molar-refractivity contribution < 1.29 is 8.42 Å². The molecule has 0 heterocycles. The van der Waals surface area contributed by atoms with E-state index in [1.165, 1.54) is 0 Å². The molecule has 0 amide bonds. The number of hydrogen-bond donors (Lipinski definition) is 3. The highest BCUT2D eigenvalue weighted by molar-refractivity contribution is 7.89. The van der Waals surface area contributed by atoms with Gasteiger partial charge in [0, 0.05) is 24.8 Å². The van der Waals surface area contributed by atoms with Gasteiger partial charge in [-0.1, -0.05) is 0 Å². The van der Waals surface area contributed by atoms with E-state index in [9.17, 15) is 8.42 Å². The maximum absolute atomic E-state index is 11.9. The SMILES string of the molecule is CNCCNc1ccc(S(=O)(=O)NC(C)C)cc1. The Morgan fingerprint density at radius 3 is 2.22 bits per heavy atom. The first-order valence-electron chi connectivity index (χ1n) is 5.96. The molecular formula is C12H21N3O2S. The molecule has 5 nitrogen and oxygen atoms in total. The zero-order valence-electron chi connectivity index (χ0n) is 11.0. The van der Waals surface area contributed by atoms with Crippen LogP contribution in [0.25, 0.3) is 0 Å².